The molecule has 5 heteroatoms. The largest absolute Gasteiger partial charge is 0.493 e. The number of aryl methyl sites for hydroxylation is 1. The third-order valence-electron chi connectivity index (χ3n) is 2.51. The highest BCUT2D eigenvalue weighted by atomic mass is 19.4. The third kappa shape index (κ3) is 2.67. The van der Waals surface area contributed by atoms with Crippen LogP contribution in [0.3, 0.4) is 0 Å². The normalized spacial score (nSPS) is 14.9. The van der Waals surface area contributed by atoms with Gasteiger partial charge in [-0.2, -0.15) is 0 Å². The monoisotopic (exact) mass is 215 g/mol. The zero-order valence-electron chi connectivity index (χ0n) is 8.18. The number of hydrogen-bond acceptors (Lipinski definition) is 1. The molecule has 0 bridgehead atoms. The Morgan fingerprint density at radius 2 is 2.07 bits per heavy atom. The molecule has 0 saturated carbocycles. The number of rotatable bonds is 3. The van der Waals surface area contributed by atoms with Crippen LogP contribution in [0.5, 0.6) is 5.75 Å². The molecule has 0 saturated heterocycles. The van der Waals surface area contributed by atoms with Gasteiger partial charge in [-0.1, -0.05) is 30.4 Å². The van der Waals surface area contributed by atoms with Gasteiger partial charge in [-0.05, 0) is 11.6 Å². The Kier molecular flexibility index (Phi) is 2.63. The summed E-state index contributed by atoms with van der Waals surface area (Å²) in [5, 5.41) is 0. The first kappa shape index (κ1) is 10.4. The predicted octanol–water partition coefficient (Wildman–Crippen LogP) is 3.01. The maximum Gasteiger partial charge on any atom is 0.478 e. The zero-order chi connectivity index (χ0) is 10.9. The average Bonchev–Trinajstić information content (AvgIpc) is 2.60. The van der Waals surface area contributed by atoms with Crippen molar-refractivity contribution in [1.29, 1.82) is 0 Å². The van der Waals surface area contributed by atoms with Crippen molar-refractivity contribution in [3.8, 4) is 5.75 Å². The van der Waals surface area contributed by atoms with E-state index in [4.69, 9.17) is 4.74 Å². The van der Waals surface area contributed by atoms with Gasteiger partial charge in [-0.25, -0.2) is 0 Å². The zero-order valence-corrected chi connectivity index (χ0v) is 8.18. The van der Waals surface area contributed by atoms with Crippen molar-refractivity contribution >= 4 is 6.98 Å². The summed E-state index contributed by atoms with van der Waals surface area (Å²) < 4.78 is 41.4. The van der Waals surface area contributed by atoms with Crippen LogP contribution in [-0.4, -0.2) is 13.6 Å². The van der Waals surface area contributed by atoms with Gasteiger partial charge in [0.1, 0.15) is 5.75 Å². The summed E-state index contributed by atoms with van der Waals surface area (Å²) in [6.07, 6.45) is 0.191. The van der Waals surface area contributed by atoms with Crippen LogP contribution in [0.4, 0.5) is 12.9 Å². The first-order chi connectivity index (χ1) is 7.04. The van der Waals surface area contributed by atoms with Crippen LogP contribution in [0.25, 0.3) is 0 Å². The molecule has 0 aliphatic carbocycles. The minimum Gasteiger partial charge on any atom is -0.493 e. The number of fused-ring (bicyclic) bond motifs is 1. The molecule has 1 aliphatic rings. The fourth-order valence-electron chi connectivity index (χ4n) is 1.73. The lowest BCUT2D eigenvalue weighted by molar-refractivity contribution is 0.357. The summed E-state index contributed by atoms with van der Waals surface area (Å²) in [4.78, 5) is 0. The van der Waals surface area contributed by atoms with E-state index in [1.807, 2.05) is 6.07 Å². The topological polar surface area (TPSA) is 9.23 Å². The SMILES string of the molecule is F[B-](F)(F)CCc1ccc2c(c1)CCO2. The van der Waals surface area contributed by atoms with Gasteiger partial charge in [-0.3, -0.25) is 0 Å². The van der Waals surface area contributed by atoms with Crippen molar-refractivity contribution in [2.45, 2.75) is 19.2 Å². The quantitative estimate of drug-likeness (QED) is 0.704. The number of hydrogen-bond donors (Lipinski definition) is 0. The fraction of sp³-hybridized carbons (Fsp3) is 0.400. The number of benzene rings is 1. The first-order valence-electron chi connectivity index (χ1n) is 5.00. The standard InChI is InChI=1S/C10H11BF3O/c12-11(13,14)5-3-8-1-2-10-9(7-8)4-6-15-10/h1-2,7H,3-6H2/q-1. The van der Waals surface area contributed by atoms with Crippen LogP contribution >= 0.6 is 0 Å². The summed E-state index contributed by atoms with van der Waals surface area (Å²) in [5.41, 5.74) is 1.78. The van der Waals surface area contributed by atoms with Crippen LogP contribution < -0.4 is 4.74 Å². The molecule has 1 aromatic rings. The van der Waals surface area contributed by atoms with Gasteiger partial charge in [-0.15, -0.1) is 0 Å². The fourth-order valence-corrected chi connectivity index (χ4v) is 1.73. The van der Waals surface area contributed by atoms with Crippen molar-refractivity contribution in [2.75, 3.05) is 6.61 Å². The van der Waals surface area contributed by atoms with Crippen molar-refractivity contribution in [2.24, 2.45) is 0 Å². The molecule has 0 radical (unpaired) electrons. The molecule has 1 aliphatic heterocycles. The van der Waals surface area contributed by atoms with Gasteiger partial charge in [0.2, 0.25) is 0 Å². The Hall–Kier alpha value is -1.13. The molecule has 1 heterocycles. The van der Waals surface area contributed by atoms with Gasteiger partial charge in [0, 0.05) is 6.42 Å². The molecular formula is C10H11BF3O-. The van der Waals surface area contributed by atoms with Crippen LogP contribution in [0, 0.1) is 0 Å². The molecule has 0 atom stereocenters. The first-order valence-corrected chi connectivity index (χ1v) is 5.00. The molecule has 82 valence electrons. The third-order valence-corrected chi connectivity index (χ3v) is 2.51. The van der Waals surface area contributed by atoms with Crippen molar-refractivity contribution in [3.63, 3.8) is 0 Å². The van der Waals surface area contributed by atoms with Crippen LogP contribution in [0.15, 0.2) is 18.2 Å². The second-order valence-corrected chi connectivity index (χ2v) is 3.79. The van der Waals surface area contributed by atoms with Crippen LogP contribution in [-0.2, 0) is 12.8 Å². The molecule has 0 aromatic heterocycles. The Morgan fingerprint density at radius 3 is 2.80 bits per heavy atom. The van der Waals surface area contributed by atoms with E-state index in [2.05, 4.69) is 0 Å². The smallest absolute Gasteiger partial charge is 0.478 e. The van der Waals surface area contributed by atoms with Gasteiger partial charge < -0.3 is 17.7 Å². The predicted molar refractivity (Wildman–Crippen MR) is 53.2 cm³/mol. The molecule has 1 aromatic carbocycles. The van der Waals surface area contributed by atoms with Gasteiger partial charge >= 0.3 is 6.98 Å². The lowest BCUT2D eigenvalue weighted by atomic mass is 9.82. The van der Waals surface area contributed by atoms with E-state index in [0.29, 0.717) is 6.61 Å². The minimum atomic E-state index is -4.67. The highest BCUT2D eigenvalue weighted by Gasteiger charge is 2.22. The molecule has 1 nitrogen and oxygen atoms in total. The average molecular weight is 215 g/mol. The highest BCUT2D eigenvalue weighted by molar-refractivity contribution is 6.58. The van der Waals surface area contributed by atoms with E-state index in [0.717, 1.165) is 23.3 Å². The molecule has 2 rings (SSSR count). The Labute approximate surface area is 86.3 Å². The van der Waals surface area contributed by atoms with E-state index < -0.39 is 13.3 Å². The van der Waals surface area contributed by atoms with Gasteiger partial charge in [0.05, 0.1) is 6.61 Å². The maximum absolute atomic E-state index is 12.1. The van der Waals surface area contributed by atoms with Crippen molar-refractivity contribution in [3.05, 3.63) is 29.3 Å². The summed E-state index contributed by atoms with van der Waals surface area (Å²) in [5.74, 6) is 0.816. The van der Waals surface area contributed by atoms with E-state index >= 15 is 0 Å². The van der Waals surface area contributed by atoms with Gasteiger partial charge in [0.25, 0.3) is 0 Å². The molecule has 0 fully saturated rings. The minimum absolute atomic E-state index is 0.0801. The van der Waals surface area contributed by atoms with Gasteiger partial charge in [0.15, 0.2) is 0 Å². The summed E-state index contributed by atoms with van der Waals surface area (Å²) in [6.45, 7) is -4.03. The van der Waals surface area contributed by atoms with E-state index in [1.165, 1.54) is 0 Å². The maximum atomic E-state index is 12.1. The molecule has 0 spiro atoms. The summed E-state index contributed by atoms with van der Waals surface area (Å²) >= 11 is 0. The Morgan fingerprint density at radius 1 is 1.27 bits per heavy atom. The summed E-state index contributed by atoms with van der Waals surface area (Å²) in [7, 11) is 0. The lowest BCUT2D eigenvalue weighted by Crippen LogP contribution is -2.15. The van der Waals surface area contributed by atoms with Crippen molar-refractivity contribution in [1.82, 2.24) is 0 Å². The van der Waals surface area contributed by atoms with E-state index in [-0.39, 0.29) is 6.42 Å². The van der Waals surface area contributed by atoms with E-state index in [1.54, 1.807) is 12.1 Å². The van der Waals surface area contributed by atoms with Crippen molar-refractivity contribution < 1.29 is 17.7 Å². The molecule has 15 heavy (non-hydrogen) atoms. The molecular weight excluding hydrogens is 204 g/mol. The summed E-state index contributed by atoms with van der Waals surface area (Å²) in [6, 6.07) is 5.30. The molecule has 0 unspecified atom stereocenters. The highest BCUT2D eigenvalue weighted by Crippen LogP contribution is 2.27. The van der Waals surface area contributed by atoms with Crippen LogP contribution in [0.1, 0.15) is 11.1 Å². The Bertz CT molecular complexity index is 362. The number of ether oxygens (including phenoxy) is 1. The molecule has 0 amide bonds. The second-order valence-electron chi connectivity index (χ2n) is 3.79. The van der Waals surface area contributed by atoms with E-state index in [9.17, 15) is 12.9 Å². The number of halogens is 3. The second kappa shape index (κ2) is 3.79. The Balaban J connectivity index is 2.04. The molecule has 0 N–H and O–H groups in total. The van der Waals surface area contributed by atoms with Crippen LogP contribution in [0.2, 0.25) is 6.32 Å². The lowest BCUT2D eigenvalue weighted by Gasteiger charge is -2.13.